The van der Waals surface area contributed by atoms with E-state index < -0.39 is 155 Å². The van der Waals surface area contributed by atoms with Crippen LogP contribution in [-0.2, 0) is 71.8 Å². The van der Waals surface area contributed by atoms with E-state index in [0.29, 0.717) is 49.7 Å². The Kier molecular flexibility index (Phi) is 24.8. The molecule has 11 amide bonds. The number of hydrogen-bond donors (Lipinski definition) is 4. The van der Waals surface area contributed by atoms with Crippen LogP contribution in [0.2, 0.25) is 5.02 Å². The number of nitrogens with zero attached hydrogens (tertiary/aromatic N) is 7. The second-order valence-electron chi connectivity index (χ2n) is 25.4. The zero-order chi connectivity index (χ0) is 66.7. The van der Waals surface area contributed by atoms with E-state index in [-0.39, 0.29) is 57.4 Å². The van der Waals surface area contributed by atoms with Crippen LogP contribution < -0.4 is 21.3 Å². The van der Waals surface area contributed by atoms with Gasteiger partial charge in [-0.2, -0.15) is 13.2 Å². The summed E-state index contributed by atoms with van der Waals surface area (Å²) in [4.78, 5) is 167. The molecule has 4 N–H and O–H groups in total. The second kappa shape index (κ2) is 31.1. The Morgan fingerprint density at radius 1 is 0.656 bits per heavy atom. The van der Waals surface area contributed by atoms with Gasteiger partial charge >= 0.3 is 6.18 Å². The summed E-state index contributed by atoms with van der Waals surface area (Å²) < 4.78 is 41.3. The highest BCUT2D eigenvalue weighted by Gasteiger charge is 2.50. The van der Waals surface area contributed by atoms with Crippen molar-refractivity contribution in [3.05, 3.63) is 69.7 Å². The molecule has 4 aliphatic rings. The molecule has 2 aliphatic heterocycles. The SMILES string of the molecule is CCC(C)[C@@H]1NC(=O)[C@H](C)N(C)C(=O)C[C@@H](C)NC(=O)[C@H](C2CCCC2)N(C)C(=O)C2(CCCC2)NC(=O)[C@@H]2CCCN2C(=O)[C@H](CCc2ccc(C(F)(F)F)c(Cl)c2)NC(=O)CN(C)C(=O)[C@H](Cc2ccc(C)cc2)N(C)C(=O)CN(C)C(=O)CN(C)C1=O. The lowest BCUT2D eigenvalue weighted by atomic mass is 9.90. The van der Waals surface area contributed by atoms with E-state index in [1.165, 1.54) is 70.0 Å². The zero-order valence-electron chi connectivity index (χ0n) is 53.8. The van der Waals surface area contributed by atoms with Gasteiger partial charge < -0.3 is 55.6 Å². The van der Waals surface area contributed by atoms with Crippen LogP contribution in [0.25, 0.3) is 0 Å². The molecule has 6 rings (SSSR count). The summed E-state index contributed by atoms with van der Waals surface area (Å²) in [5, 5.41) is 10.9. The summed E-state index contributed by atoms with van der Waals surface area (Å²) in [5.41, 5.74) is -0.688. The van der Waals surface area contributed by atoms with Gasteiger partial charge in [-0.25, -0.2) is 0 Å². The molecule has 0 bridgehead atoms. The lowest BCUT2D eigenvalue weighted by molar-refractivity contribution is -0.149. The third-order valence-corrected chi connectivity index (χ3v) is 18.9. The normalized spacial score (nSPS) is 26.0. The molecule has 8 atom stereocenters. The maximum absolute atomic E-state index is 15.2. The third-order valence-electron chi connectivity index (χ3n) is 18.6. The van der Waals surface area contributed by atoms with E-state index in [2.05, 4.69) is 21.3 Å². The van der Waals surface area contributed by atoms with E-state index in [4.69, 9.17) is 11.6 Å². The quantitative estimate of drug-likeness (QED) is 0.291. The third kappa shape index (κ3) is 17.8. The van der Waals surface area contributed by atoms with Gasteiger partial charge in [-0.1, -0.05) is 93.4 Å². The zero-order valence-corrected chi connectivity index (χ0v) is 54.6. The highest BCUT2D eigenvalue weighted by Crippen LogP contribution is 2.38. The van der Waals surface area contributed by atoms with Crippen molar-refractivity contribution in [3.63, 3.8) is 0 Å². The summed E-state index contributed by atoms with van der Waals surface area (Å²) in [7, 11) is 8.39. The number of carbonyl (C=O) groups is 11. The van der Waals surface area contributed by atoms with Crippen LogP contribution in [0.4, 0.5) is 13.2 Å². The molecule has 0 radical (unpaired) electrons. The fraction of sp³-hybridized carbons (Fsp3) is 0.641. The van der Waals surface area contributed by atoms with Crippen LogP contribution in [0.15, 0.2) is 42.5 Å². The van der Waals surface area contributed by atoms with E-state index in [0.717, 1.165) is 50.1 Å². The van der Waals surface area contributed by atoms with E-state index in [9.17, 15) is 56.3 Å². The van der Waals surface area contributed by atoms with E-state index >= 15 is 9.59 Å². The Hall–Kier alpha value is -7.31. The Morgan fingerprint density at radius 3 is 1.88 bits per heavy atom. The summed E-state index contributed by atoms with van der Waals surface area (Å²) >= 11 is 6.11. The van der Waals surface area contributed by atoms with Crippen molar-refractivity contribution in [1.29, 1.82) is 0 Å². The van der Waals surface area contributed by atoms with E-state index in [1.807, 2.05) is 26.0 Å². The van der Waals surface area contributed by atoms with Crippen molar-refractivity contribution in [2.45, 2.75) is 185 Å². The first-order valence-corrected chi connectivity index (χ1v) is 31.6. The number of halogens is 4. The highest BCUT2D eigenvalue weighted by molar-refractivity contribution is 6.31. The lowest BCUT2D eigenvalue weighted by Crippen LogP contribution is -2.64. The first-order valence-electron chi connectivity index (χ1n) is 31.2. The summed E-state index contributed by atoms with van der Waals surface area (Å²) in [5.74, 6) is -7.75. The molecule has 26 heteroatoms. The van der Waals surface area contributed by atoms with Gasteiger partial charge in [0.25, 0.3) is 0 Å². The first kappa shape index (κ1) is 71.8. The van der Waals surface area contributed by atoms with Crippen molar-refractivity contribution < 1.29 is 65.9 Å². The number of alkyl halides is 3. The molecule has 2 aromatic carbocycles. The fourth-order valence-corrected chi connectivity index (χ4v) is 12.9. The van der Waals surface area contributed by atoms with Gasteiger partial charge in [0.1, 0.15) is 41.8 Å². The minimum atomic E-state index is -4.75. The average Bonchev–Trinajstić information content (AvgIpc) is 1.55. The molecule has 1 spiro atoms. The number of aryl methyl sites for hydroxylation is 2. The predicted octanol–water partition coefficient (Wildman–Crippen LogP) is 4.25. The summed E-state index contributed by atoms with van der Waals surface area (Å²) in [6, 6.07) is 2.47. The molecule has 90 heavy (non-hydrogen) atoms. The molecule has 2 aliphatic carbocycles. The number of hydrogen-bond acceptors (Lipinski definition) is 11. The van der Waals surface area contributed by atoms with Gasteiger partial charge in [-0.3, -0.25) is 52.7 Å². The van der Waals surface area contributed by atoms with Crippen LogP contribution in [0.5, 0.6) is 0 Å². The molecule has 4 fully saturated rings. The maximum Gasteiger partial charge on any atom is 0.417 e. The lowest BCUT2D eigenvalue weighted by Gasteiger charge is -2.40. The predicted molar refractivity (Wildman–Crippen MR) is 329 cm³/mol. The summed E-state index contributed by atoms with van der Waals surface area (Å²) in [6.45, 7) is 6.89. The van der Waals surface area contributed by atoms with Crippen molar-refractivity contribution in [2.24, 2.45) is 11.8 Å². The van der Waals surface area contributed by atoms with Crippen LogP contribution in [0.1, 0.15) is 133 Å². The Bertz CT molecular complexity index is 2980. The Morgan fingerprint density at radius 2 is 1.27 bits per heavy atom. The van der Waals surface area contributed by atoms with Crippen molar-refractivity contribution in [3.8, 4) is 0 Å². The number of fused-ring (bicyclic) bond motifs is 1. The molecule has 22 nitrogen and oxygen atoms in total. The van der Waals surface area contributed by atoms with Gasteiger partial charge in [-0.15, -0.1) is 0 Å². The molecule has 496 valence electrons. The van der Waals surface area contributed by atoms with Crippen LogP contribution in [-0.4, -0.2) is 216 Å². The molecule has 2 heterocycles. The number of carbonyl (C=O) groups excluding carboxylic acids is 11. The van der Waals surface area contributed by atoms with Crippen molar-refractivity contribution in [1.82, 2.24) is 55.6 Å². The van der Waals surface area contributed by atoms with Crippen molar-refractivity contribution in [2.75, 3.05) is 68.5 Å². The molecular weight excluding hydrogens is 1190 g/mol. The molecule has 2 aromatic rings. The van der Waals surface area contributed by atoms with E-state index in [1.54, 1.807) is 26.0 Å². The maximum atomic E-state index is 15.2. The van der Waals surface area contributed by atoms with Gasteiger partial charge in [0.15, 0.2) is 0 Å². The standard InChI is InChI=1S/C64H91ClF3N11O11/c1-12-39(3)54-61(89)75(8)36-52(82)73(6)37-53(83)77(10)49(34-43-23-21-38(2)22-24-43)60(88)74(7)35-50(80)70-47(28-26-42-25-27-45(46(65)33-42)64(66,67)68)59(87)79-31-17-20-48(79)57(85)72-63(29-15-16-30-63)62(90)78(11)55(44-18-13-14-19-44)58(86)69-40(4)32-51(81)76(9)41(5)56(84)71-54/h21-25,27,33,39-41,44,47-49,54-55H,12-20,26,28-32,34-37H2,1-11H3,(H,69,86)(H,70,80)(H,71,84)(H,72,85)/t39?,40-,41+,47+,48+,49+,54+,55+/m1/s1. The van der Waals surface area contributed by atoms with Gasteiger partial charge in [0.05, 0.1) is 30.2 Å². The number of benzene rings is 2. The minimum Gasteiger partial charge on any atom is -0.351 e. The van der Waals surface area contributed by atoms with Gasteiger partial charge in [0, 0.05) is 67.7 Å². The first-order chi connectivity index (χ1) is 42.3. The molecular formula is C64H91ClF3N11O11. The fourth-order valence-electron chi connectivity index (χ4n) is 12.6. The number of rotatable bonds is 8. The van der Waals surface area contributed by atoms with Crippen molar-refractivity contribution >= 4 is 76.6 Å². The topological polar surface area (TPSA) is 259 Å². The van der Waals surface area contributed by atoms with Gasteiger partial charge in [0.2, 0.25) is 65.0 Å². The summed E-state index contributed by atoms with van der Waals surface area (Å²) in [6.07, 6.45) is 0.0553. The largest absolute Gasteiger partial charge is 0.417 e. The monoisotopic (exact) mass is 1280 g/mol. The Balaban J connectivity index is 1.36. The minimum absolute atomic E-state index is 0.0402. The number of nitrogens with one attached hydrogen (secondary N) is 4. The smallest absolute Gasteiger partial charge is 0.351 e. The van der Waals surface area contributed by atoms with Crippen LogP contribution in [0, 0.1) is 18.8 Å². The number of amides is 11. The van der Waals surface area contributed by atoms with Crippen LogP contribution >= 0.6 is 11.6 Å². The Labute approximate surface area is 531 Å². The van der Waals surface area contributed by atoms with Gasteiger partial charge in [-0.05, 0) is 107 Å². The van der Waals surface area contributed by atoms with Crippen LogP contribution in [0.3, 0.4) is 0 Å². The molecule has 1 unspecified atom stereocenters. The molecule has 0 aromatic heterocycles. The molecule has 2 saturated heterocycles. The highest BCUT2D eigenvalue weighted by atomic mass is 35.5. The average molecular weight is 1280 g/mol. The number of likely N-dealkylation sites (N-methyl/N-ethyl adjacent to an activating group) is 6. The molecule has 2 saturated carbocycles. The second-order valence-corrected chi connectivity index (χ2v) is 25.8.